The molecule has 0 radical (unpaired) electrons. The Balaban J connectivity index is 3.11. The molecule has 0 aliphatic rings. The van der Waals surface area contributed by atoms with E-state index in [9.17, 15) is 5.11 Å². The summed E-state index contributed by atoms with van der Waals surface area (Å²) in [6, 6.07) is 5.88. The van der Waals surface area contributed by atoms with Crippen LogP contribution in [-0.4, -0.2) is 10.6 Å². The van der Waals surface area contributed by atoms with Crippen LogP contribution in [0.5, 0.6) is 5.75 Å². The van der Waals surface area contributed by atoms with Crippen LogP contribution < -0.4 is 5.73 Å². The molecule has 0 aromatic heterocycles. The first-order valence-electron chi connectivity index (χ1n) is 6.27. The van der Waals surface area contributed by atoms with Crippen molar-refractivity contribution in [1.29, 1.82) is 0 Å². The highest BCUT2D eigenvalue weighted by Crippen LogP contribution is 2.31. The number of hydrogen-bond acceptors (Lipinski definition) is 2. The van der Waals surface area contributed by atoms with Crippen LogP contribution in [0.4, 0.5) is 0 Å². The van der Waals surface area contributed by atoms with E-state index in [0.717, 1.165) is 12.0 Å². The molecule has 1 aromatic rings. The molecule has 0 aliphatic carbocycles. The minimum atomic E-state index is -0.299. The highest BCUT2D eigenvalue weighted by atomic mass is 16.3. The lowest BCUT2D eigenvalue weighted by Gasteiger charge is -2.26. The van der Waals surface area contributed by atoms with E-state index in [0.29, 0.717) is 12.2 Å². The Kier molecular flexibility index (Phi) is 3.88. The summed E-state index contributed by atoms with van der Waals surface area (Å²) in [4.78, 5) is 0. The van der Waals surface area contributed by atoms with Gasteiger partial charge in [0.05, 0.1) is 0 Å². The van der Waals surface area contributed by atoms with Crippen LogP contribution in [-0.2, 0) is 11.8 Å². The molecule has 0 atom stereocenters. The van der Waals surface area contributed by atoms with E-state index in [4.69, 9.17) is 5.73 Å². The molecule has 0 fully saturated rings. The summed E-state index contributed by atoms with van der Waals surface area (Å²) in [6.07, 6.45) is 1.76. The van der Waals surface area contributed by atoms with Gasteiger partial charge >= 0.3 is 0 Å². The molecule has 0 aliphatic heterocycles. The van der Waals surface area contributed by atoms with Gasteiger partial charge in [-0.05, 0) is 49.3 Å². The first-order valence-corrected chi connectivity index (χ1v) is 6.27. The summed E-state index contributed by atoms with van der Waals surface area (Å²) in [5.74, 6) is 0.346. The number of hydrogen-bond donors (Lipinski definition) is 2. The number of benzene rings is 1. The topological polar surface area (TPSA) is 46.2 Å². The second-order valence-corrected chi connectivity index (χ2v) is 6.25. The minimum absolute atomic E-state index is 0.140. The van der Waals surface area contributed by atoms with Crippen molar-refractivity contribution in [2.75, 3.05) is 0 Å². The Bertz CT molecular complexity index is 388. The average molecular weight is 235 g/mol. The van der Waals surface area contributed by atoms with Crippen LogP contribution in [0.25, 0.3) is 0 Å². The molecule has 0 heterocycles. The molecule has 96 valence electrons. The SMILES string of the molecule is CCC(C)(C)c1ccc(O)c(CC(C)(C)N)c1. The lowest BCUT2D eigenvalue weighted by molar-refractivity contribution is 0.446. The zero-order valence-electron chi connectivity index (χ0n) is 11.7. The van der Waals surface area contributed by atoms with Crippen LogP contribution in [0, 0.1) is 0 Å². The van der Waals surface area contributed by atoms with Gasteiger partial charge in [-0.1, -0.05) is 32.9 Å². The molecule has 0 spiro atoms. The van der Waals surface area contributed by atoms with Gasteiger partial charge in [0.2, 0.25) is 0 Å². The largest absolute Gasteiger partial charge is 0.508 e. The highest BCUT2D eigenvalue weighted by Gasteiger charge is 2.21. The summed E-state index contributed by atoms with van der Waals surface area (Å²) < 4.78 is 0. The third kappa shape index (κ3) is 3.74. The maximum Gasteiger partial charge on any atom is 0.118 e. The zero-order chi connectivity index (χ0) is 13.3. The molecule has 17 heavy (non-hydrogen) atoms. The van der Waals surface area contributed by atoms with Crippen molar-refractivity contribution in [3.63, 3.8) is 0 Å². The molecular formula is C15H25NO. The Morgan fingerprint density at radius 2 is 1.76 bits per heavy atom. The van der Waals surface area contributed by atoms with Crippen molar-refractivity contribution in [3.8, 4) is 5.75 Å². The zero-order valence-corrected chi connectivity index (χ0v) is 11.7. The summed E-state index contributed by atoms with van der Waals surface area (Å²) in [7, 11) is 0. The van der Waals surface area contributed by atoms with Crippen LogP contribution in [0.3, 0.4) is 0 Å². The van der Waals surface area contributed by atoms with Crippen LogP contribution in [0.2, 0.25) is 0 Å². The quantitative estimate of drug-likeness (QED) is 0.840. The summed E-state index contributed by atoms with van der Waals surface area (Å²) in [5.41, 5.74) is 8.06. The van der Waals surface area contributed by atoms with Crippen LogP contribution in [0.1, 0.15) is 52.2 Å². The molecule has 2 nitrogen and oxygen atoms in total. The van der Waals surface area contributed by atoms with E-state index < -0.39 is 0 Å². The number of aromatic hydroxyl groups is 1. The number of rotatable bonds is 4. The second-order valence-electron chi connectivity index (χ2n) is 6.25. The average Bonchev–Trinajstić information content (AvgIpc) is 2.19. The summed E-state index contributed by atoms with van der Waals surface area (Å²) in [5, 5.41) is 9.88. The van der Waals surface area contributed by atoms with Gasteiger partial charge in [-0.25, -0.2) is 0 Å². The molecule has 0 amide bonds. The smallest absolute Gasteiger partial charge is 0.118 e. The third-order valence-corrected chi connectivity index (χ3v) is 3.39. The van der Waals surface area contributed by atoms with Gasteiger partial charge in [-0.3, -0.25) is 0 Å². The first-order chi connectivity index (χ1) is 7.65. The van der Waals surface area contributed by atoms with Crippen molar-refractivity contribution in [2.24, 2.45) is 5.73 Å². The van der Waals surface area contributed by atoms with Gasteiger partial charge in [-0.2, -0.15) is 0 Å². The lowest BCUT2D eigenvalue weighted by Crippen LogP contribution is -2.34. The second kappa shape index (κ2) is 4.69. The standard InChI is InChI=1S/C15H25NO/c1-6-14(2,3)12-7-8-13(17)11(9-12)10-15(4,5)16/h7-9,17H,6,10,16H2,1-5H3. The Morgan fingerprint density at radius 3 is 2.24 bits per heavy atom. The minimum Gasteiger partial charge on any atom is -0.508 e. The monoisotopic (exact) mass is 235 g/mol. The third-order valence-electron chi connectivity index (χ3n) is 3.39. The summed E-state index contributed by atoms with van der Waals surface area (Å²) >= 11 is 0. The highest BCUT2D eigenvalue weighted by molar-refractivity contribution is 5.39. The molecular weight excluding hydrogens is 210 g/mol. The first kappa shape index (κ1) is 14.0. The van der Waals surface area contributed by atoms with Gasteiger partial charge in [0.1, 0.15) is 5.75 Å². The number of phenols is 1. The molecule has 1 rings (SSSR count). The van der Waals surface area contributed by atoms with Gasteiger partial charge in [0.25, 0.3) is 0 Å². The predicted molar refractivity (Wildman–Crippen MR) is 73.4 cm³/mol. The molecule has 1 aromatic carbocycles. The van der Waals surface area contributed by atoms with Crippen molar-refractivity contribution < 1.29 is 5.11 Å². The molecule has 3 N–H and O–H groups in total. The fraction of sp³-hybridized carbons (Fsp3) is 0.600. The van der Waals surface area contributed by atoms with E-state index in [1.54, 1.807) is 6.07 Å². The van der Waals surface area contributed by atoms with Crippen molar-refractivity contribution in [3.05, 3.63) is 29.3 Å². The maximum atomic E-state index is 9.88. The Morgan fingerprint density at radius 1 is 1.18 bits per heavy atom. The molecule has 2 heteroatoms. The van der Waals surface area contributed by atoms with E-state index in [1.165, 1.54) is 5.56 Å². The van der Waals surface area contributed by atoms with Crippen molar-refractivity contribution in [2.45, 2.75) is 58.4 Å². The Hall–Kier alpha value is -1.02. The fourth-order valence-corrected chi connectivity index (χ4v) is 1.84. The normalized spacial score (nSPS) is 12.8. The molecule has 0 saturated carbocycles. The van der Waals surface area contributed by atoms with Crippen molar-refractivity contribution >= 4 is 0 Å². The number of nitrogens with two attached hydrogens (primary N) is 1. The lowest BCUT2D eigenvalue weighted by atomic mass is 9.80. The van der Waals surface area contributed by atoms with E-state index in [2.05, 4.69) is 26.8 Å². The van der Waals surface area contributed by atoms with E-state index >= 15 is 0 Å². The van der Waals surface area contributed by atoms with Crippen LogP contribution in [0.15, 0.2) is 18.2 Å². The van der Waals surface area contributed by atoms with Gasteiger partial charge in [0.15, 0.2) is 0 Å². The fourth-order valence-electron chi connectivity index (χ4n) is 1.84. The maximum absolute atomic E-state index is 9.88. The van der Waals surface area contributed by atoms with Crippen molar-refractivity contribution in [1.82, 2.24) is 0 Å². The van der Waals surface area contributed by atoms with E-state index in [1.807, 2.05) is 19.9 Å². The molecule has 0 unspecified atom stereocenters. The van der Waals surface area contributed by atoms with E-state index in [-0.39, 0.29) is 11.0 Å². The van der Waals surface area contributed by atoms with Gasteiger partial charge < -0.3 is 10.8 Å². The van der Waals surface area contributed by atoms with Gasteiger partial charge in [0, 0.05) is 5.54 Å². The molecule has 0 bridgehead atoms. The number of phenolic OH excluding ortho intramolecular Hbond substituents is 1. The molecule has 0 saturated heterocycles. The van der Waals surface area contributed by atoms with Crippen LogP contribution >= 0.6 is 0 Å². The van der Waals surface area contributed by atoms with Gasteiger partial charge in [-0.15, -0.1) is 0 Å². The predicted octanol–water partition coefficient (Wildman–Crippen LogP) is 3.36. The summed E-state index contributed by atoms with van der Waals surface area (Å²) in [6.45, 7) is 10.6. The Labute approximate surface area is 105 Å².